The van der Waals surface area contributed by atoms with Crippen molar-refractivity contribution in [3.63, 3.8) is 0 Å². The molecule has 0 aromatic heterocycles. The molecule has 1 aliphatic carbocycles. The van der Waals surface area contributed by atoms with E-state index in [0.717, 1.165) is 12.8 Å². The average Bonchev–Trinajstić information content (AvgIpc) is 3.12. The van der Waals surface area contributed by atoms with Gasteiger partial charge in [0.15, 0.2) is 17.3 Å². The van der Waals surface area contributed by atoms with Crippen molar-refractivity contribution in [2.45, 2.75) is 44.6 Å². The number of nitrogens with zero attached hydrogens (tertiary/aromatic N) is 1. The molecule has 5 heteroatoms. The fraction of sp³-hybridized carbons (Fsp3) is 0.556. The first-order valence-corrected chi connectivity index (χ1v) is 8.33. The van der Waals surface area contributed by atoms with E-state index in [1.807, 2.05) is 11.9 Å². The normalized spacial score (nSPS) is 17.1. The summed E-state index contributed by atoms with van der Waals surface area (Å²) in [5, 5.41) is 0. The van der Waals surface area contributed by atoms with Crippen LogP contribution in [0, 0.1) is 0 Å². The van der Waals surface area contributed by atoms with Gasteiger partial charge >= 0.3 is 0 Å². The number of hydrogen-bond donors (Lipinski definition) is 0. The largest absolute Gasteiger partial charge is 0.486 e. The van der Waals surface area contributed by atoms with Gasteiger partial charge in [-0.15, -0.1) is 0 Å². The second kappa shape index (κ2) is 7.02. The minimum Gasteiger partial charge on any atom is -0.486 e. The van der Waals surface area contributed by atoms with Crippen LogP contribution in [0.5, 0.6) is 11.5 Å². The molecule has 0 saturated heterocycles. The van der Waals surface area contributed by atoms with E-state index in [9.17, 15) is 9.59 Å². The molecule has 23 heavy (non-hydrogen) atoms. The van der Waals surface area contributed by atoms with Crippen LogP contribution in [0.4, 0.5) is 0 Å². The van der Waals surface area contributed by atoms with Crippen molar-refractivity contribution in [1.82, 2.24) is 4.90 Å². The molecule has 1 aromatic carbocycles. The number of carbonyl (C=O) groups excluding carboxylic acids is 2. The highest BCUT2D eigenvalue weighted by Crippen LogP contribution is 2.31. The van der Waals surface area contributed by atoms with Gasteiger partial charge in [-0.05, 0) is 31.0 Å². The van der Waals surface area contributed by atoms with Crippen LogP contribution >= 0.6 is 0 Å². The lowest BCUT2D eigenvalue weighted by atomic mass is 10.0. The molecule has 1 amide bonds. The van der Waals surface area contributed by atoms with E-state index in [1.165, 1.54) is 12.8 Å². The van der Waals surface area contributed by atoms with Crippen LogP contribution < -0.4 is 9.47 Å². The first kappa shape index (κ1) is 15.8. The molecule has 1 aromatic rings. The minimum atomic E-state index is -0.0323. The summed E-state index contributed by atoms with van der Waals surface area (Å²) in [6.45, 7) is 1.03. The van der Waals surface area contributed by atoms with Gasteiger partial charge in [0.1, 0.15) is 13.2 Å². The highest BCUT2D eigenvalue weighted by molar-refractivity contribution is 5.98. The fourth-order valence-electron chi connectivity index (χ4n) is 3.25. The van der Waals surface area contributed by atoms with Crippen LogP contribution in [0.2, 0.25) is 0 Å². The molecular formula is C18H23NO4. The van der Waals surface area contributed by atoms with Crippen LogP contribution in [-0.4, -0.2) is 42.9 Å². The Balaban J connectivity index is 1.55. The number of benzene rings is 1. The van der Waals surface area contributed by atoms with Gasteiger partial charge < -0.3 is 14.4 Å². The van der Waals surface area contributed by atoms with Crippen molar-refractivity contribution in [2.75, 3.05) is 20.3 Å². The molecule has 0 radical (unpaired) electrons. The van der Waals surface area contributed by atoms with Crippen molar-refractivity contribution in [1.29, 1.82) is 0 Å². The smallest absolute Gasteiger partial charge is 0.223 e. The van der Waals surface area contributed by atoms with Gasteiger partial charge in [0.25, 0.3) is 0 Å². The predicted octanol–water partition coefficient (Wildman–Crippen LogP) is 2.82. The van der Waals surface area contributed by atoms with Crippen molar-refractivity contribution < 1.29 is 19.1 Å². The van der Waals surface area contributed by atoms with Crippen LogP contribution in [-0.2, 0) is 4.79 Å². The van der Waals surface area contributed by atoms with Gasteiger partial charge in [0, 0.05) is 31.5 Å². The number of fused-ring (bicyclic) bond motifs is 1. The highest BCUT2D eigenvalue weighted by Gasteiger charge is 2.24. The third-order valence-electron chi connectivity index (χ3n) is 4.70. The molecule has 0 bridgehead atoms. The van der Waals surface area contributed by atoms with Crippen molar-refractivity contribution >= 4 is 11.7 Å². The van der Waals surface area contributed by atoms with Gasteiger partial charge in [-0.25, -0.2) is 0 Å². The Kier molecular flexibility index (Phi) is 4.84. The Morgan fingerprint density at radius 2 is 1.78 bits per heavy atom. The maximum absolute atomic E-state index is 12.3. The maximum atomic E-state index is 12.3. The lowest BCUT2D eigenvalue weighted by Gasteiger charge is -2.24. The highest BCUT2D eigenvalue weighted by atomic mass is 16.6. The summed E-state index contributed by atoms with van der Waals surface area (Å²) >= 11 is 0. The zero-order valence-corrected chi connectivity index (χ0v) is 13.5. The zero-order chi connectivity index (χ0) is 16.2. The van der Waals surface area contributed by atoms with Crippen LogP contribution in [0.15, 0.2) is 18.2 Å². The van der Waals surface area contributed by atoms with Crippen molar-refractivity contribution in [2.24, 2.45) is 0 Å². The van der Waals surface area contributed by atoms with Crippen LogP contribution in [0.3, 0.4) is 0 Å². The molecule has 0 atom stereocenters. The third kappa shape index (κ3) is 3.66. The summed E-state index contributed by atoms with van der Waals surface area (Å²) in [6.07, 6.45) is 5.04. The number of rotatable bonds is 5. The van der Waals surface area contributed by atoms with E-state index in [-0.39, 0.29) is 24.5 Å². The van der Waals surface area contributed by atoms with Crippen LogP contribution in [0.25, 0.3) is 0 Å². The number of carbonyl (C=O) groups is 2. The molecule has 1 fully saturated rings. The van der Waals surface area contributed by atoms with Gasteiger partial charge in [-0.2, -0.15) is 0 Å². The van der Waals surface area contributed by atoms with Crippen LogP contribution in [0.1, 0.15) is 48.9 Å². The fourth-order valence-corrected chi connectivity index (χ4v) is 3.25. The van der Waals surface area contributed by atoms with E-state index >= 15 is 0 Å². The summed E-state index contributed by atoms with van der Waals surface area (Å²) in [5.74, 6) is 1.30. The molecule has 0 spiro atoms. The molecular weight excluding hydrogens is 294 g/mol. The van der Waals surface area contributed by atoms with E-state index in [0.29, 0.717) is 36.3 Å². The van der Waals surface area contributed by atoms with E-state index in [2.05, 4.69) is 0 Å². The van der Waals surface area contributed by atoms with E-state index in [1.54, 1.807) is 18.2 Å². The molecule has 1 aliphatic heterocycles. The predicted molar refractivity (Wildman–Crippen MR) is 86.0 cm³/mol. The second-order valence-corrected chi connectivity index (χ2v) is 6.22. The summed E-state index contributed by atoms with van der Waals surface area (Å²) in [7, 11) is 1.85. The SMILES string of the molecule is CN(C(=O)CCC(=O)c1ccc2c(c1)OCCO2)C1CCCC1. The summed E-state index contributed by atoms with van der Waals surface area (Å²) in [4.78, 5) is 26.4. The molecule has 0 unspecified atom stereocenters. The van der Waals surface area contributed by atoms with Gasteiger partial charge in [-0.1, -0.05) is 12.8 Å². The topological polar surface area (TPSA) is 55.8 Å². The Hall–Kier alpha value is -2.04. The summed E-state index contributed by atoms with van der Waals surface area (Å²) in [6, 6.07) is 5.56. The number of amides is 1. The molecule has 0 N–H and O–H groups in total. The van der Waals surface area contributed by atoms with Gasteiger partial charge in [0.05, 0.1) is 0 Å². The minimum absolute atomic E-state index is 0.0323. The Morgan fingerprint density at radius 3 is 2.52 bits per heavy atom. The Bertz CT molecular complexity index is 593. The van der Waals surface area contributed by atoms with E-state index < -0.39 is 0 Å². The molecule has 1 saturated carbocycles. The molecule has 3 rings (SSSR count). The number of ketones is 1. The summed E-state index contributed by atoms with van der Waals surface area (Å²) < 4.78 is 10.9. The lowest BCUT2D eigenvalue weighted by molar-refractivity contribution is -0.131. The second-order valence-electron chi connectivity index (χ2n) is 6.22. The van der Waals surface area contributed by atoms with Gasteiger partial charge in [0.2, 0.25) is 5.91 Å². The number of hydrogen-bond acceptors (Lipinski definition) is 4. The maximum Gasteiger partial charge on any atom is 0.223 e. The monoisotopic (exact) mass is 317 g/mol. The summed E-state index contributed by atoms with van der Waals surface area (Å²) in [5.41, 5.74) is 0.575. The van der Waals surface area contributed by atoms with Crippen molar-refractivity contribution in [3.8, 4) is 11.5 Å². The third-order valence-corrected chi connectivity index (χ3v) is 4.70. The molecule has 124 valence electrons. The Labute approximate surface area is 136 Å². The Morgan fingerprint density at radius 1 is 1.09 bits per heavy atom. The number of Topliss-reactive ketones (excluding diaryl/α,β-unsaturated/α-hetero) is 1. The van der Waals surface area contributed by atoms with E-state index in [4.69, 9.17) is 9.47 Å². The number of ether oxygens (including phenoxy) is 2. The lowest BCUT2D eigenvalue weighted by Crippen LogP contribution is -2.35. The molecule has 5 nitrogen and oxygen atoms in total. The quantitative estimate of drug-likeness (QED) is 0.784. The average molecular weight is 317 g/mol. The van der Waals surface area contributed by atoms with Gasteiger partial charge in [-0.3, -0.25) is 9.59 Å². The first-order valence-electron chi connectivity index (χ1n) is 8.33. The standard InChI is InChI=1S/C18H23NO4/c1-19(14-4-2-3-5-14)18(21)9-7-15(20)13-6-8-16-17(12-13)23-11-10-22-16/h6,8,12,14H,2-5,7,9-11H2,1H3. The first-order chi connectivity index (χ1) is 11.1. The van der Waals surface area contributed by atoms with Crippen molar-refractivity contribution in [3.05, 3.63) is 23.8 Å². The zero-order valence-electron chi connectivity index (χ0n) is 13.5. The molecule has 1 heterocycles. The molecule has 2 aliphatic rings.